The van der Waals surface area contributed by atoms with E-state index in [4.69, 9.17) is 5.11 Å². The molecule has 1 atom stereocenters. The molecule has 0 bridgehead atoms. The summed E-state index contributed by atoms with van der Waals surface area (Å²) >= 11 is 0. The minimum absolute atomic E-state index is 0.155. The first-order chi connectivity index (χ1) is 9.08. The molecule has 1 amide bonds. The molecular weight excluding hydrogens is 244 g/mol. The van der Waals surface area contributed by atoms with Crippen LogP contribution < -0.4 is 5.32 Å². The Hall–Kier alpha value is -1.88. The van der Waals surface area contributed by atoms with Crippen molar-refractivity contribution in [3.05, 3.63) is 35.4 Å². The number of nitrogens with zero attached hydrogens (tertiary/aromatic N) is 1. The number of hydrogen-bond donors (Lipinski definition) is 2. The highest BCUT2D eigenvalue weighted by molar-refractivity contribution is 5.95. The Bertz CT molecular complexity index is 470. The third-order valence-electron chi connectivity index (χ3n) is 3.56. The maximum absolute atomic E-state index is 11.9. The Morgan fingerprint density at radius 3 is 2.47 bits per heavy atom. The van der Waals surface area contributed by atoms with Crippen molar-refractivity contribution in [2.45, 2.75) is 18.9 Å². The number of rotatable bonds is 4. The van der Waals surface area contributed by atoms with E-state index in [9.17, 15) is 9.59 Å². The van der Waals surface area contributed by atoms with Gasteiger partial charge in [0.05, 0.1) is 5.56 Å². The number of amides is 1. The Morgan fingerprint density at radius 1 is 1.32 bits per heavy atom. The number of nitrogens with one attached hydrogen (secondary N) is 1. The molecule has 5 nitrogen and oxygen atoms in total. The van der Waals surface area contributed by atoms with Crippen LogP contribution >= 0.6 is 0 Å². The molecular formula is C14H18N2O3. The predicted octanol–water partition coefficient (Wildman–Crippen LogP) is 1.21. The monoisotopic (exact) mass is 262 g/mol. The fourth-order valence-corrected chi connectivity index (χ4v) is 2.31. The van der Waals surface area contributed by atoms with E-state index in [0.29, 0.717) is 18.2 Å². The number of benzene rings is 1. The van der Waals surface area contributed by atoms with Crippen molar-refractivity contribution in [2.24, 2.45) is 0 Å². The molecule has 102 valence electrons. The van der Waals surface area contributed by atoms with Gasteiger partial charge in [-0.2, -0.15) is 0 Å². The topological polar surface area (TPSA) is 69.6 Å². The molecule has 1 aliphatic rings. The van der Waals surface area contributed by atoms with E-state index in [1.54, 1.807) is 0 Å². The largest absolute Gasteiger partial charge is 0.478 e. The molecule has 1 saturated heterocycles. The van der Waals surface area contributed by atoms with E-state index in [2.05, 4.69) is 17.3 Å². The van der Waals surface area contributed by atoms with Crippen LogP contribution in [0, 0.1) is 0 Å². The first kappa shape index (κ1) is 13.5. The van der Waals surface area contributed by atoms with E-state index < -0.39 is 5.97 Å². The van der Waals surface area contributed by atoms with Crippen molar-refractivity contribution >= 4 is 11.9 Å². The molecule has 0 saturated carbocycles. The zero-order chi connectivity index (χ0) is 13.8. The first-order valence-corrected chi connectivity index (χ1v) is 6.39. The SMILES string of the molecule is CN1CCCC1CNC(=O)c1ccc(C(=O)O)cc1. The highest BCUT2D eigenvalue weighted by atomic mass is 16.4. The number of carboxylic acids is 1. The van der Waals surface area contributed by atoms with Crippen molar-refractivity contribution < 1.29 is 14.7 Å². The van der Waals surface area contributed by atoms with Gasteiger partial charge in [0.25, 0.3) is 5.91 Å². The number of likely N-dealkylation sites (N-methyl/N-ethyl adjacent to an activating group) is 1. The normalized spacial score (nSPS) is 19.3. The van der Waals surface area contributed by atoms with Crippen molar-refractivity contribution in [2.75, 3.05) is 20.1 Å². The highest BCUT2D eigenvalue weighted by Crippen LogP contribution is 2.13. The van der Waals surface area contributed by atoms with Gasteiger partial charge in [0, 0.05) is 18.2 Å². The summed E-state index contributed by atoms with van der Waals surface area (Å²) in [4.78, 5) is 24.9. The lowest BCUT2D eigenvalue weighted by Crippen LogP contribution is -2.38. The van der Waals surface area contributed by atoms with Crippen LogP contribution in [-0.4, -0.2) is 48.1 Å². The summed E-state index contributed by atoms with van der Waals surface area (Å²) in [5.74, 6) is -1.14. The summed E-state index contributed by atoms with van der Waals surface area (Å²) in [5, 5.41) is 11.7. The average Bonchev–Trinajstić information content (AvgIpc) is 2.81. The van der Waals surface area contributed by atoms with Gasteiger partial charge in [0.15, 0.2) is 0 Å². The van der Waals surface area contributed by atoms with Crippen molar-refractivity contribution in [1.82, 2.24) is 10.2 Å². The quantitative estimate of drug-likeness (QED) is 0.855. The third-order valence-corrected chi connectivity index (χ3v) is 3.56. The molecule has 0 aliphatic carbocycles. The van der Waals surface area contributed by atoms with Gasteiger partial charge in [0.2, 0.25) is 0 Å². The number of aromatic carboxylic acids is 1. The summed E-state index contributed by atoms with van der Waals surface area (Å²) in [5.41, 5.74) is 0.678. The Kier molecular flexibility index (Phi) is 4.16. The van der Waals surface area contributed by atoms with Gasteiger partial charge >= 0.3 is 5.97 Å². The first-order valence-electron chi connectivity index (χ1n) is 6.39. The predicted molar refractivity (Wildman–Crippen MR) is 71.4 cm³/mol. The van der Waals surface area contributed by atoms with Gasteiger partial charge in [-0.25, -0.2) is 4.79 Å². The van der Waals surface area contributed by atoms with Crippen LogP contribution in [0.15, 0.2) is 24.3 Å². The molecule has 2 rings (SSSR count). The van der Waals surface area contributed by atoms with Crippen molar-refractivity contribution in [3.8, 4) is 0 Å². The van der Waals surface area contributed by atoms with E-state index in [1.165, 1.54) is 30.7 Å². The Morgan fingerprint density at radius 2 is 1.95 bits per heavy atom. The number of likely N-dealkylation sites (tertiary alicyclic amines) is 1. The number of carbonyl (C=O) groups excluding carboxylic acids is 1. The van der Waals surface area contributed by atoms with Crippen LogP contribution in [0.5, 0.6) is 0 Å². The van der Waals surface area contributed by atoms with E-state index in [-0.39, 0.29) is 11.5 Å². The summed E-state index contributed by atoms with van der Waals surface area (Å²) in [7, 11) is 2.06. The number of carbonyl (C=O) groups is 2. The summed E-state index contributed by atoms with van der Waals surface area (Å²) in [6.07, 6.45) is 2.28. The second-order valence-corrected chi connectivity index (χ2v) is 4.87. The zero-order valence-corrected chi connectivity index (χ0v) is 10.9. The van der Waals surface area contributed by atoms with Gasteiger partial charge in [-0.1, -0.05) is 0 Å². The van der Waals surface area contributed by atoms with Gasteiger partial charge in [-0.15, -0.1) is 0 Å². The minimum atomic E-state index is -0.987. The van der Waals surface area contributed by atoms with Crippen LogP contribution in [0.2, 0.25) is 0 Å². The van der Waals surface area contributed by atoms with Crippen LogP contribution in [0.1, 0.15) is 33.6 Å². The van der Waals surface area contributed by atoms with E-state index >= 15 is 0 Å². The second kappa shape index (κ2) is 5.84. The molecule has 0 aromatic heterocycles. The summed E-state index contributed by atoms with van der Waals surface area (Å²) < 4.78 is 0. The van der Waals surface area contributed by atoms with Gasteiger partial charge in [-0.3, -0.25) is 4.79 Å². The van der Waals surface area contributed by atoms with Crippen molar-refractivity contribution in [1.29, 1.82) is 0 Å². The zero-order valence-electron chi connectivity index (χ0n) is 10.9. The molecule has 19 heavy (non-hydrogen) atoms. The molecule has 0 radical (unpaired) electrons. The standard InChI is InChI=1S/C14H18N2O3/c1-16-8-2-3-12(16)9-15-13(17)10-4-6-11(7-5-10)14(18)19/h4-7,12H,2-3,8-9H2,1H3,(H,15,17)(H,18,19). The van der Waals surface area contributed by atoms with Crippen molar-refractivity contribution in [3.63, 3.8) is 0 Å². The van der Waals surface area contributed by atoms with Gasteiger partial charge in [0.1, 0.15) is 0 Å². The third kappa shape index (κ3) is 3.32. The smallest absolute Gasteiger partial charge is 0.335 e. The molecule has 1 fully saturated rings. The molecule has 0 spiro atoms. The molecule has 5 heteroatoms. The van der Waals surface area contributed by atoms with E-state index in [0.717, 1.165) is 13.0 Å². The lowest BCUT2D eigenvalue weighted by atomic mass is 10.1. The van der Waals surface area contributed by atoms with E-state index in [1.807, 2.05) is 0 Å². The number of hydrogen-bond acceptors (Lipinski definition) is 3. The summed E-state index contributed by atoms with van der Waals surface area (Å²) in [6.45, 7) is 1.71. The van der Waals surface area contributed by atoms with Crippen LogP contribution in [-0.2, 0) is 0 Å². The average molecular weight is 262 g/mol. The maximum atomic E-state index is 11.9. The molecule has 1 aromatic carbocycles. The minimum Gasteiger partial charge on any atom is -0.478 e. The maximum Gasteiger partial charge on any atom is 0.335 e. The van der Waals surface area contributed by atoms with Gasteiger partial charge in [-0.05, 0) is 50.7 Å². The molecule has 2 N–H and O–H groups in total. The van der Waals surface area contributed by atoms with Gasteiger partial charge < -0.3 is 15.3 Å². The van der Waals surface area contributed by atoms with Crippen LogP contribution in [0.4, 0.5) is 0 Å². The summed E-state index contributed by atoms with van der Waals surface area (Å²) in [6, 6.07) is 6.37. The molecule has 1 aliphatic heterocycles. The molecule has 1 aromatic rings. The second-order valence-electron chi connectivity index (χ2n) is 4.87. The lowest BCUT2D eigenvalue weighted by molar-refractivity contribution is 0.0696. The highest BCUT2D eigenvalue weighted by Gasteiger charge is 2.21. The molecule has 1 unspecified atom stereocenters. The fraction of sp³-hybridized carbons (Fsp3) is 0.429. The fourth-order valence-electron chi connectivity index (χ4n) is 2.31. The Balaban J connectivity index is 1.90. The lowest BCUT2D eigenvalue weighted by Gasteiger charge is -2.19. The van der Waals surface area contributed by atoms with Crippen LogP contribution in [0.3, 0.4) is 0 Å². The molecule has 1 heterocycles. The van der Waals surface area contributed by atoms with Crippen LogP contribution in [0.25, 0.3) is 0 Å². The Labute approximate surface area is 112 Å². The number of carboxylic acid groups (broad SMARTS) is 1.